The zero-order valence-electron chi connectivity index (χ0n) is 13.9. The molecule has 0 radical (unpaired) electrons. The Hall–Kier alpha value is -1.89. The monoisotopic (exact) mass is 349 g/mol. The molecular formula is C17H23N3O3S. The number of carbonyl (C=O) groups excluding carboxylic acids is 2. The Morgan fingerprint density at radius 3 is 2.96 bits per heavy atom. The first-order valence-corrected chi connectivity index (χ1v) is 9.38. The second-order valence-electron chi connectivity index (χ2n) is 6.38. The van der Waals surface area contributed by atoms with Crippen molar-refractivity contribution >= 4 is 28.2 Å². The Morgan fingerprint density at radius 2 is 2.21 bits per heavy atom. The van der Waals surface area contributed by atoms with Crippen LogP contribution in [0.2, 0.25) is 0 Å². The number of ether oxygens (including phenoxy) is 1. The fraction of sp³-hybridized carbons (Fsp3) is 0.588. The molecule has 0 aromatic carbocycles. The largest absolute Gasteiger partial charge is 0.452 e. The molecule has 0 spiro atoms. The Balaban J connectivity index is 1.42. The molecule has 3 rings (SSSR count). The van der Waals surface area contributed by atoms with E-state index in [1.165, 1.54) is 43.4 Å². The number of aromatic nitrogens is 2. The smallest absolute Gasteiger partial charge is 0.312 e. The van der Waals surface area contributed by atoms with E-state index in [1.54, 1.807) is 13.1 Å². The van der Waals surface area contributed by atoms with Crippen LogP contribution in [0.3, 0.4) is 0 Å². The minimum atomic E-state index is -0.773. The van der Waals surface area contributed by atoms with Crippen molar-refractivity contribution in [2.24, 2.45) is 5.92 Å². The molecule has 2 heterocycles. The second kappa shape index (κ2) is 7.79. The number of esters is 1. The quantitative estimate of drug-likeness (QED) is 0.814. The van der Waals surface area contributed by atoms with Gasteiger partial charge in [-0.1, -0.05) is 19.3 Å². The Kier molecular flexibility index (Phi) is 5.50. The number of imidazole rings is 1. The molecule has 0 saturated heterocycles. The average Bonchev–Trinajstić information content (AvgIpc) is 3.14. The van der Waals surface area contributed by atoms with E-state index in [1.807, 2.05) is 16.0 Å². The van der Waals surface area contributed by atoms with Crippen molar-refractivity contribution in [2.75, 3.05) is 6.54 Å². The van der Waals surface area contributed by atoms with Gasteiger partial charge in [-0.25, -0.2) is 4.98 Å². The van der Waals surface area contributed by atoms with Gasteiger partial charge in [0.15, 0.2) is 11.1 Å². The summed E-state index contributed by atoms with van der Waals surface area (Å²) in [7, 11) is 0. The predicted molar refractivity (Wildman–Crippen MR) is 91.9 cm³/mol. The molecule has 2 aromatic rings. The molecule has 6 nitrogen and oxygen atoms in total. The van der Waals surface area contributed by atoms with Crippen LogP contribution in [0, 0.1) is 5.92 Å². The molecule has 130 valence electrons. The van der Waals surface area contributed by atoms with Crippen LogP contribution in [0.4, 0.5) is 0 Å². The summed E-state index contributed by atoms with van der Waals surface area (Å²) in [6.45, 7) is 2.29. The van der Waals surface area contributed by atoms with Crippen LogP contribution in [-0.4, -0.2) is 33.9 Å². The molecule has 1 atom stereocenters. The molecular weight excluding hydrogens is 326 g/mol. The fourth-order valence-electron chi connectivity index (χ4n) is 3.08. The number of rotatable bonds is 6. The first-order valence-electron chi connectivity index (χ1n) is 8.50. The molecule has 1 saturated carbocycles. The van der Waals surface area contributed by atoms with Crippen LogP contribution in [0.1, 0.15) is 44.7 Å². The van der Waals surface area contributed by atoms with Crippen molar-refractivity contribution in [1.29, 1.82) is 0 Å². The van der Waals surface area contributed by atoms with Gasteiger partial charge in [0.1, 0.15) is 0 Å². The minimum Gasteiger partial charge on any atom is -0.452 e. The lowest BCUT2D eigenvalue weighted by molar-refractivity contribution is -0.154. The Labute approximate surface area is 145 Å². The number of nitrogens with one attached hydrogen (secondary N) is 1. The summed E-state index contributed by atoms with van der Waals surface area (Å²) in [6, 6.07) is 0. The van der Waals surface area contributed by atoms with Crippen LogP contribution in [0.25, 0.3) is 4.96 Å². The minimum absolute atomic E-state index is 0.0780. The van der Waals surface area contributed by atoms with E-state index in [0.29, 0.717) is 18.2 Å². The van der Waals surface area contributed by atoms with Gasteiger partial charge in [0, 0.05) is 24.3 Å². The summed E-state index contributed by atoms with van der Waals surface area (Å²) in [5.74, 6) is -0.0927. The van der Waals surface area contributed by atoms with Gasteiger partial charge in [-0.2, -0.15) is 0 Å². The van der Waals surface area contributed by atoms with Crippen LogP contribution >= 0.6 is 11.3 Å². The Morgan fingerprint density at radius 1 is 1.42 bits per heavy atom. The van der Waals surface area contributed by atoms with Gasteiger partial charge in [-0.05, 0) is 25.7 Å². The van der Waals surface area contributed by atoms with Gasteiger partial charge in [-0.3, -0.25) is 14.0 Å². The van der Waals surface area contributed by atoms with Gasteiger partial charge >= 0.3 is 5.97 Å². The van der Waals surface area contributed by atoms with Gasteiger partial charge in [0.05, 0.1) is 12.1 Å². The molecule has 24 heavy (non-hydrogen) atoms. The predicted octanol–water partition coefficient (Wildman–Crippen LogP) is 2.57. The SMILES string of the molecule is C[C@H](OC(=O)Cc1cn2ccsc2n1)C(=O)NCC1CCCCC1. The highest BCUT2D eigenvalue weighted by molar-refractivity contribution is 7.15. The van der Waals surface area contributed by atoms with E-state index in [-0.39, 0.29) is 12.3 Å². The number of hydrogen-bond donors (Lipinski definition) is 1. The summed E-state index contributed by atoms with van der Waals surface area (Å²) < 4.78 is 7.10. The first-order chi connectivity index (χ1) is 11.6. The number of carbonyl (C=O) groups is 2. The fourth-order valence-corrected chi connectivity index (χ4v) is 3.80. The van der Waals surface area contributed by atoms with Crippen LogP contribution in [-0.2, 0) is 20.7 Å². The van der Waals surface area contributed by atoms with Crippen LogP contribution in [0.5, 0.6) is 0 Å². The van der Waals surface area contributed by atoms with Crippen molar-refractivity contribution in [3.63, 3.8) is 0 Å². The molecule has 0 unspecified atom stereocenters. The number of fused-ring (bicyclic) bond motifs is 1. The molecule has 1 fully saturated rings. The third-order valence-electron chi connectivity index (χ3n) is 4.44. The molecule has 1 N–H and O–H groups in total. The summed E-state index contributed by atoms with van der Waals surface area (Å²) in [6.07, 6.45) is 9.13. The summed E-state index contributed by atoms with van der Waals surface area (Å²) >= 11 is 1.51. The Bertz CT molecular complexity index is 674. The van der Waals surface area contributed by atoms with Gasteiger partial charge in [0.2, 0.25) is 0 Å². The number of thiazole rings is 1. The third kappa shape index (κ3) is 4.35. The van der Waals surface area contributed by atoms with E-state index in [9.17, 15) is 9.59 Å². The lowest BCUT2D eigenvalue weighted by Crippen LogP contribution is -2.39. The average molecular weight is 349 g/mol. The van der Waals surface area contributed by atoms with Crippen LogP contribution in [0.15, 0.2) is 17.8 Å². The van der Waals surface area contributed by atoms with Crippen molar-refractivity contribution in [2.45, 2.75) is 51.6 Å². The van der Waals surface area contributed by atoms with Gasteiger partial charge in [-0.15, -0.1) is 11.3 Å². The highest BCUT2D eigenvalue weighted by atomic mass is 32.1. The zero-order chi connectivity index (χ0) is 16.9. The summed E-state index contributed by atoms with van der Waals surface area (Å²) in [5.41, 5.74) is 0.654. The van der Waals surface area contributed by atoms with Crippen molar-refractivity contribution in [1.82, 2.24) is 14.7 Å². The second-order valence-corrected chi connectivity index (χ2v) is 7.26. The van der Waals surface area contributed by atoms with E-state index < -0.39 is 12.1 Å². The maximum atomic E-state index is 12.1. The zero-order valence-corrected chi connectivity index (χ0v) is 14.7. The topological polar surface area (TPSA) is 72.7 Å². The molecule has 7 heteroatoms. The molecule has 1 aliphatic carbocycles. The van der Waals surface area contributed by atoms with Gasteiger partial charge < -0.3 is 10.1 Å². The summed E-state index contributed by atoms with van der Waals surface area (Å²) in [5, 5.41) is 4.84. The number of hydrogen-bond acceptors (Lipinski definition) is 5. The standard InChI is InChI=1S/C17H23N3O3S/c1-12(16(22)18-10-13-5-3-2-4-6-13)23-15(21)9-14-11-20-7-8-24-17(20)19-14/h7-8,11-13H,2-6,9-10H2,1H3,(H,18,22)/t12-/m0/s1. The van der Waals surface area contributed by atoms with E-state index in [0.717, 1.165) is 4.96 Å². The van der Waals surface area contributed by atoms with Gasteiger partial charge in [0.25, 0.3) is 5.91 Å². The van der Waals surface area contributed by atoms with E-state index >= 15 is 0 Å². The molecule has 1 amide bonds. The molecule has 0 aliphatic heterocycles. The number of amides is 1. The maximum absolute atomic E-state index is 12.1. The van der Waals surface area contributed by atoms with Crippen molar-refractivity contribution < 1.29 is 14.3 Å². The normalized spacial score (nSPS) is 16.9. The van der Waals surface area contributed by atoms with Crippen LogP contribution < -0.4 is 5.32 Å². The van der Waals surface area contributed by atoms with Crippen molar-refractivity contribution in [3.05, 3.63) is 23.5 Å². The lowest BCUT2D eigenvalue weighted by Gasteiger charge is -2.22. The maximum Gasteiger partial charge on any atom is 0.312 e. The highest BCUT2D eigenvalue weighted by Crippen LogP contribution is 2.22. The van der Waals surface area contributed by atoms with E-state index in [2.05, 4.69) is 10.3 Å². The van der Waals surface area contributed by atoms with E-state index in [4.69, 9.17) is 4.74 Å². The molecule has 2 aromatic heterocycles. The first kappa shape index (κ1) is 17.0. The molecule has 1 aliphatic rings. The summed E-state index contributed by atoms with van der Waals surface area (Å²) in [4.78, 5) is 29.2. The number of nitrogens with zero attached hydrogens (tertiary/aromatic N) is 2. The van der Waals surface area contributed by atoms with Crippen molar-refractivity contribution in [3.8, 4) is 0 Å². The third-order valence-corrected chi connectivity index (χ3v) is 5.21. The lowest BCUT2D eigenvalue weighted by atomic mass is 9.89. The highest BCUT2D eigenvalue weighted by Gasteiger charge is 2.20. The molecule has 0 bridgehead atoms.